The molecule has 4 heteroatoms. The van der Waals surface area contributed by atoms with Crippen LogP contribution in [0.5, 0.6) is 0 Å². The topological polar surface area (TPSA) is 43.4 Å². The number of hydrogen-bond acceptors (Lipinski definition) is 4. The van der Waals surface area contributed by atoms with E-state index in [-0.39, 0.29) is 6.61 Å². The molecule has 0 aliphatic carbocycles. The summed E-state index contributed by atoms with van der Waals surface area (Å²) in [5.74, 6) is -0.468. The van der Waals surface area contributed by atoms with Crippen LogP contribution >= 0.6 is 11.8 Å². The number of hydrogen-bond donors (Lipinski definition) is 0. The van der Waals surface area contributed by atoms with Crippen LogP contribution < -0.4 is 0 Å². The van der Waals surface area contributed by atoms with Crippen molar-refractivity contribution in [1.82, 2.24) is 0 Å². The average molecular weight is 252 g/mol. The maximum atomic E-state index is 11.6. The largest absolute Gasteiger partial charge is 0.460 e. The van der Waals surface area contributed by atoms with Crippen molar-refractivity contribution in [3.05, 3.63) is 29.8 Å². The van der Waals surface area contributed by atoms with Crippen LogP contribution in [-0.4, -0.2) is 17.7 Å². The summed E-state index contributed by atoms with van der Waals surface area (Å²) in [6, 6.07) is 7.59. The molecule has 0 bridgehead atoms. The van der Waals surface area contributed by atoms with Gasteiger partial charge in [-0.15, -0.1) is 0 Å². The first-order valence-electron chi connectivity index (χ1n) is 5.54. The van der Waals surface area contributed by atoms with Crippen molar-refractivity contribution in [3.8, 4) is 0 Å². The van der Waals surface area contributed by atoms with Gasteiger partial charge in [0.05, 0.1) is 6.61 Å². The summed E-state index contributed by atoms with van der Waals surface area (Å²) in [5, 5.41) is -0.569. The van der Waals surface area contributed by atoms with Crippen LogP contribution in [-0.2, 0) is 14.3 Å². The van der Waals surface area contributed by atoms with Gasteiger partial charge in [-0.25, -0.2) is 4.79 Å². The van der Waals surface area contributed by atoms with Gasteiger partial charge in [0.15, 0.2) is 0 Å². The normalized spacial score (nSPS) is 10.4. The summed E-state index contributed by atoms with van der Waals surface area (Å²) in [7, 11) is 0. The summed E-state index contributed by atoms with van der Waals surface area (Å²) in [6.07, 6.45) is 0. The zero-order valence-corrected chi connectivity index (χ0v) is 11.0. The van der Waals surface area contributed by atoms with Crippen LogP contribution in [0.25, 0.3) is 0 Å². The Morgan fingerprint density at radius 2 is 1.94 bits per heavy atom. The minimum absolute atomic E-state index is 0.219. The molecule has 0 aromatic heterocycles. The van der Waals surface area contributed by atoms with E-state index in [2.05, 4.69) is 4.74 Å². The Kier molecular flexibility index (Phi) is 5.22. The lowest BCUT2D eigenvalue weighted by Crippen LogP contribution is -2.13. The molecule has 0 radical (unpaired) electrons. The molecule has 1 aromatic carbocycles. The molecule has 1 rings (SSSR count). The van der Waals surface area contributed by atoms with E-state index in [1.165, 1.54) is 0 Å². The summed E-state index contributed by atoms with van der Waals surface area (Å²) in [4.78, 5) is 23.6. The van der Waals surface area contributed by atoms with E-state index in [0.717, 1.165) is 22.2 Å². The Balaban J connectivity index is 2.81. The molecule has 0 aliphatic heterocycles. The van der Waals surface area contributed by atoms with Gasteiger partial charge in [-0.1, -0.05) is 32.0 Å². The first kappa shape index (κ1) is 13.8. The fourth-order valence-electron chi connectivity index (χ4n) is 1.38. The highest BCUT2D eigenvalue weighted by Gasteiger charge is 2.18. The number of rotatable bonds is 3. The second-order valence-electron chi connectivity index (χ2n) is 3.80. The van der Waals surface area contributed by atoms with Crippen molar-refractivity contribution in [2.75, 3.05) is 6.61 Å². The summed E-state index contributed by atoms with van der Waals surface area (Å²) in [6.45, 7) is 6.00. The number of benzene rings is 1. The van der Waals surface area contributed by atoms with Gasteiger partial charge < -0.3 is 4.74 Å². The lowest BCUT2D eigenvalue weighted by molar-refractivity contribution is -0.149. The molecule has 0 fully saturated rings. The molecule has 3 nitrogen and oxygen atoms in total. The molecule has 0 aliphatic rings. The Labute approximate surface area is 106 Å². The molecule has 0 amide bonds. The fraction of sp³-hybridized carbons (Fsp3) is 0.385. The van der Waals surface area contributed by atoms with Crippen molar-refractivity contribution in [2.45, 2.75) is 31.6 Å². The average Bonchev–Trinajstić information content (AvgIpc) is 2.29. The fourth-order valence-corrected chi connectivity index (χ4v) is 2.29. The minimum atomic E-state index is -0.781. The van der Waals surface area contributed by atoms with E-state index in [0.29, 0.717) is 5.92 Å². The molecule has 0 saturated heterocycles. The molecule has 0 N–H and O–H groups in total. The molecule has 0 heterocycles. The van der Waals surface area contributed by atoms with Gasteiger partial charge >= 0.3 is 11.1 Å². The molecule has 92 valence electrons. The lowest BCUT2D eigenvalue weighted by atomic mass is 10.0. The molecular formula is C13H16O3S. The second kappa shape index (κ2) is 6.45. The first-order chi connectivity index (χ1) is 8.06. The zero-order valence-electron chi connectivity index (χ0n) is 10.2. The lowest BCUT2D eigenvalue weighted by Gasteiger charge is -2.10. The number of carbonyl (C=O) groups is 2. The van der Waals surface area contributed by atoms with E-state index in [4.69, 9.17) is 0 Å². The summed E-state index contributed by atoms with van der Waals surface area (Å²) >= 11 is 0.933. The SMILES string of the molecule is CCOC(=O)C(=O)Sc1ccccc1C(C)C. The third-order valence-corrected chi connectivity index (χ3v) is 3.13. The van der Waals surface area contributed by atoms with Gasteiger partial charge in [0.1, 0.15) is 0 Å². The quantitative estimate of drug-likeness (QED) is 0.471. The maximum absolute atomic E-state index is 11.6. The van der Waals surface area contributed by atoms with Crippen LogP contribution in [0.2, 0.25) is 0 Å². The third-order valence-electron chi connectivity index (χ3n) is 2.19. The van der Waals surface area contributed by atoms with Crippen molar-refractivity contribution >= 4 is 22.8 Å². The van der Waals surface area contributed by atoms with Crippen molar-refractivity contribution in [3.63, 3.8) is 0 Å². The number of esters is 1. The van der Waals surface area contributed by atoms with E-state index in [1.807, 2.05) is 38.1 Å². The number of ether oxygens (including phenoxy) is 1. The Hall–Kier alpha value is -1.29. The first-order valence-corrected chi connectivity index (χ1v) is 6.35. The monoisotopic (exact) mass is 252 g/mol. The minimum Gasteiger partial charge on any atom is -0.460 e. The Morgan fingerprint density at radius 3 is 2.53 bits per heavy atom. The van der Waals surface area contributed by atoms with E-state index in [1.54, 1.807) is 6.92 Å². The molecule has 0 spiro atoms. The number of carbonyl (C=O) groups excluding carboxylic acids is 2. The standard InChI is InChI=1S/C13H16O3S/c1-4-16-12(14)13(15)17-11-8-6-5-7-10(11)9(2)3/h5-9H,4H2,1-3H3. The zero-order chi connectivity index (χ0) is 12.8. The number of thioether (sulfide) groups is 1. The molecule has 0 unspecified atom stereocenters. The van der Waals surface area contributed by atoms with Crippen molar-refractivity contribution < 1.29 is 14.3 Å². The maximum Gasteiger partial charge on any atom is 0.386 e. The van der Waals surface area contributed by atoms with Gasteiger partial charge in [0.2, 0.25) is 0 Å². The molecule has 0 saturated carbocycles. The Bertz CT molecular complexity index is 413. The Morgan fingerprint density at radius 1 is 1.29 bits per heavy atom. The van der Waals surface area contributed by atoms with E-state index >= 15 is 0 Å². The smallest absolute Gasteiger partial charge is 0.386 e. The van der Waals surface area contributed by atoms with Crippen LogP contribution in [0.15, 0.2) is 29.2 Å². The summed E-state index contributed by atoms with van der Waals surface area (Å²) < 4.78 is 4.67. The van der Waals surface area contributed by atoms with E-state index < -0.39 is 11.1 Å². The van der Waals surface area contributed by atoms with Gasteiger partial charge in [-0.3, -0.25) is 4.79 Å². The molecule has 1 aromatic rings. The predicted octanol–water partition coefficient (Wildman–Crippen LogP) is 2.99. The van der Waals surface area contributed by atoms with Crippen LogP contribution in [0.1, 0.15) is 32.3 Å². The second-order valence-corrected chi connectivity index (χ2v) is 4.82. The van der Waals surface area contributed by atoms with Crippen molar-refractivity contribution in [2.24, 2.45) is 0 Å². The van der Waals surface area contributed by atoms with Crippen LogP contribution in [0.3, 0.4) is 0 Å². The molecule has 17 heavy (non-hydrogen) atoms. The molecular weight excluding hydrogens is 236 g/mol. The van der Waals surface area contributed by atoms with Gasteiger partial charge in [-0.05, 0) is 36.2 Å². The highest BCUT2D eigenvalue weighted by molar-refractivity contribution is 8.15. The van der Waals surface area contributed by atoms with Crippen molar-refractivity contribution in [1.29, 1.82) is 0 Å². The van der Waals surface area contributed by atoms with Crippen LogP contribution in [0.4, 0.5) is 0 Å². The highest BCUT2D eigenvalue weighted by atomic mass is 32.2. The molecule has 0 atom stereocenters. The van der Waals surface area contributed by atoms with Gasteiger partial charge in [0, 0.05) is 4.90 Å². The van der Waals surface area contributed by atoms with Gasteiger partial charge in [0.25, 0.3) is 0 Å². The summed E-state index contributed by atoms with van der Waals surface area (Å²) in [5.41, 5.74) is 1.06. The van der Waals surface area contributed by atoms with Crippen LogP contribution in [0, 0.1) is 0 Å². The predicted molar refractivity (Wildman–Crippen MR) is 68.0 cm³/mol. The highest BCUT2D eigenvalue weighted by Crippen LogP contribution is 2.28. The van der Waals surface area contributed by atoms with E-state index in [9.17, 15) is 9.59 Å². The third kappa shape index (κ3) is 3.89. The van der Waals surface area contributed by atoms with Gasteiger partial charge in [-0.2, -0.15) is 0 Å².